The predicted molar refractivity (Wildman–Crippen MR) is 131 cm³/mol. The summed E-state index contributed by atoms with van der Waals surface area (Å²) < 4.78 is 12.1. The minimum absolute atomic E-state index is 0.621. The van der Waals surface area contributed by atoms with Gasteiger partial charge in [0, 0.05) is 35.6 Å². The van der Waals surface area contributed by atoms with Gasteiger partial charge in [-0.2, -0.15) is 0 Å². The summed E-state index contributed by atoms with van der Waals surface area (Å²) in [5.74, 6) is 2.03. The molecule has 0 saturated heterocycles. The molecule has 2 aliphatic heterocycles. The van der Waals surface area contributed by atoms with Crippen molar-refractivity contribution >= 4 is 0 Å². The lowest BCUT2D eigenvalue weighted by Gasteiger charge is -2.33. The monoisotopic (exact) mass is 438 g/mol. The van der Waals surface area contributed by atoms with E-state index in [0.29, 0.717) is 13.5 Å². The van der Waals surface area contributed by atoms with E-state index < -0.39 is 0 Å². The van der Waals surface area contributed by atoms with Crippen LogP contribution in [-0.2, 0) is 19.5 Å². The van der Waals surface area contributed by atoms with Crippen molar-refractivity contribution in [3.8, 4) is 11.5 Å². The summed E-state index contributed by atoms with van der Waals surface area (Å²) in [7, 11) is 0. The van der Waals surface area contributed by atoms with E-state index in [1.807, 2.05) is 0 Å². The molecule has 0 spiro atoms. The Morgan fingerprint density at radius 1 is 0.636 bits per heavy atom. The first kappa shape index (κ1) is 20.2. The van der Waals surface area contributed by atoms with Gasteiger partial charge in [0.05, 0.1) is 0 Å². The van der Waals surface area contributed by atoms with Crippen LogP contribution in [0.2, 0.25) is 0 Å². The minimum atomic E-state index is 0.621. The lowest BCUT2D eigenvalue weighted by molar-refractivity contribution is 0.131. The molecule has 0 amide bonds. The molecule has 4 heteroatoms. The summed E-state index contributed by atoms with van der Waals surface area (Å²) >= 11 is 0. The van der Waals surface area contributed by atoms with Crippen LogP contribution in [0, 0.1) is 0 Å². The Balaban J connectivity index is 1.18. The van der Waals surface area contributed by atoms with Gasteiger partial charge < -0.3 is 19.3 Å². The average molecular weight is 439 g/mol. The number of fused-ring (bicyclic) bond motifs is 2. The van der Waals surface area contributed by atoms with Crippen LogP contribution in [0.4, 0.5) is 0 Å². The summed E-state index contributed by atoms with van der Waals surface area (Å²) in [5.41, 5.74) is 7.72. The topological polar surface area (TPSA) is 24.9 Å². The van der Waals surface area contributed by atoms with Crippen molar-refractivity contribution in [3.63, 3.8) is 0 Å². The molecule has 0 atom stereocenters. The van der Waals surface area contributed by atoms with Gasteiger partial charge in [0.25, 0.3) is 0 Å². The fourth-order valence-corrected chi connectivity index (χ4v) is 5.05. The van der Waals surface area contributed by atoms with Crippen LogP contribution in [0.5, 0.6) is 11.5 Å². The maximum Gasteiger partial charge on any atom is 0.161 e. The fourth-order valence-electron chi connectivity index (χ4n) is 5.05. The van der Waals surface area contributed by atoms with E-state index in [2.05, 4.69) is 82.7 Å². The fraction of sp³-hybridized carbons (Fsp3) is 0.310. The highest BCUT2D eigenvalue weighted by Gasteiger charge is 2.21. The molecule has 4 aliphatic rings. The van der Waals surface area contributed by atoms with Crippen molar-refractivity contribution in [2.75, 3.05) is 13.5 Å². The molecule has 2 aliphatic carbocycles. The number of ether oxygens (including phenoxy) is 2. The van der Waals surface area contributed by atoms with Crippen LogP contribution in [0.3, 0.4) is 0 Å². The van der Waals surface area contributed by atoms with Crippen molar-refractivity contribution in [2.45, 2.75) is 45.2 Å². The molecule has 2 aromatic carbocycles. The first-order valence-electron chi connectivity index (χ1n) is 12.0. The smallest absolute Gasteiger partial charge is 0.161 e. The van der Waals surface area contributed by atoms with E-state index in [9.17, 15) is 0 Å². The van der Waals surface area contributed by atoms with Gasteiger partial charge >= 0.3 is 0 Å². The molecule has 0 N–H and O–H groups in total. The molecule has 0 saturated carbocycles. The molecule has 0 unspecified atom stereocenters. The second kappa shape index (κ2) is 8.86. The number of allylic oxidation sites excluding steroid dienone is 6. The second-order valence-corrected chi connectivity index (χ2v) is 9.22. The first-order valence-corrected chi connectivity index (χ1v) is 12.0. The summed E-state index contributed by atoms with van der Waals surface area (Å²) in [4.78, 5) is 4.64. The van der Waals surface area contributed by atoms with Crippen molar-refractivity contribution in [2.24, 2.45) is 0 Å². The van der Waals surface area contributed by atoms with Gasteiger partial charge in [-0.05, 0) is 79.6 Å². The molecular weight excluding hydrogens is 408 g/mol. The zero-order chi connectivity index (χ0) is 22.0. The Labute approximate surface area is 196 Å². The van der Waals surface area contributed by atoms with Crippen LogP contribution in [0.1, 0.15) is 47.9 Å². The Hall–Kier alpha value is -3.40. The van der Waals surface area contributed by atoms with E-state index in [4.69, 9.17) is 9.47 Å². The molecular formula is C29H30N2O2. The Kier molecular flexibility index (Phi) is 5.43. The summed E-state index contributed by atoms with van der Waals surface area (Å²) in [6, 6.07) is 13.3. The molecule has 6 rings (SSSR count). The van der Waals surface area contributed by atoms with Crippen molar-refractivity contribution in [1.29, 1.82) is 0 Å². The van der Waals surface area contributed by atoms with E-state index in [1.165, 1.54) is 33.6 Å². The summed E-state index contributed by atoms with van der Waals surface area (Å²) in [6.45, 7) is 3.04. The molecule has 168 valence electrons. The Morgan fingerprint density at radius 3 is 1.61 bits per heavy atom. The molecule has 0 fully saturated rings. The predicted octanol–water partition coefficient (Wildman–Crippen LogP) is 6.05. The number of hydrogen-bond acceptors (Lipinski definition) is 4. The van der Waals surface area contributed by atoms with E-state index in [1.54, 1.807) is 0 Å². The molecule has 2 heterocycles. The van der Waals surface area contributed by atoms with Crippen LogP contribution >= 0.6 is 0 Å². The zero-order valence-corrected chi connectivity index (χ0v) is 19.0. The number of benzene rings is 2. The van der Waals surface area contributed by atoms with Gasteiger partial charge in [-0.25, -0.2) is 0 Å². The lowest BCUT2D eigenvalue weighted by Crippen LogP contribution is -2.31. The van der Waals surface area contributed by atoms with Gasteiger partial charge in [0.15, 0.2) is 13.5 Å². The average Bonchev–Trinajstić information content (AvgIpc) is 2.89. The van der Waals surface area contributed by atoms with Crippen LogP contribution in [-0.4, -0.2) is 23.3 Å². The van der Waals surface area contributed by atoms with E-state index in [0.717, 1.165) is 56.7 Å². The standard InChI is InChI=1S/C29H30N2O2/c1-3-7-26(8-4-1)30-18-24-16-22(11-13-28(24)32-20-30)15-23-12-14-29-25(17-23)19-31(21-33-29)27-9-5-2-6-10-27/h3,5,7-14,16-17H,1-2,4,6,15,18-21H2. The van der Waals surface area contributed by atoms with Gasteiger partial charge in [-0.15, -0.1) is 0 Å². The van der Waals surface area contributed by atoms with Gasteiger partial charge in [-0.1, -0.05) is 36.4 Å². The number of rotatable bonds is 4. The maximum absolute atomic E-state index is 6.06. The second-order valence-electron chi connectivity index (χ2n) is 9.22. The van der Waals surface area contributed by atoms with E-state index in [-0.39, 0.29) is 0 Å². The first-order chi connectivity index (χ1) is 16.3. The van der Waals surface area contributed by atoms with Crippen molar-refractivity contribution < 1.29 is 9.47 Å². The SMILES string of the molecule is C1=CC(N2COc3ccc(Cc4ccc5c(c4)CN(C4=CCCC=C4)CO5)cc3C2)=CCC1. The summed E-state index contributed by atoms with van der Waals surface area (Å²) in [6.07, 6.45) is 19.0. The molecule has 0 bridgehead atoms. The largest absolute Gasteiger partial charge is 0.473 e. The molecule has 4 nitrogen and oxygen atoms in total. The molecule has 2 aromatic rings. The highest BCUT2D eigenvalue weighted by Crippen LogP contribution is 2.32. The van der Waals surface area contributed by atoms with Gasteiger partial charge in [0.1, 0.15) is 11.5 Å². The molecule has 0 radical (unpaired) electrons. The highest BCUT2D eigenvalue weighted by atomic mass is 16.5. The maximum atomic E-state index is 6.06. The Morgan fingerprint density at radius 2 is 1.15 bits per heavy atom. The molecule has 33 heavy (non-hydrogen) atoms. The normalized spacial score (nSPS) is 19.2. The quantitative estimate of drug-likeness (QED) is 0.580. The summed E-state index contributed by atoms with van der Waals surface area (Å²) in [5, 5.41) is 0. The van der Waals surface area contributed by atoms with Crippen LogP contribution in [0.25, 0.3) is 0 Å². The van der Waals surface area contributed by atoms with Crippen molar-refractivity contribution in [1.82, 2.24) is 9.80 Å². The minimum Gasteiger partial charge on any atom is -0.473 e. The van der Waals surface area contributed by atoms with Crippen molar-refractivity contribution in [3.05, 3.63) is 107 Å². The lowest BCUT2D eigenvalue weighted by atomic mass is 9.99. The zero-order valence-electron chi connectivity index (χ0n) is 19.0. The third-order valence-corrected chi connectivity index (χ3v) is 6.81. The van der Waals surface area contributed by atoms with Gasteiger partial charge in [0.2, 0.25) is 0 Å². The Bertz CT molecular complexity index is 1080. The van der Waals surface area contributed by atoms with Crippen LogP contribution < -0.4 is 9.47 Å². The third kappa shape index (κ3) is 4.30. The van der Waals surface area contributed by atoms with Crippen LogP contribution in [0.15, 0.2) is 84.2 Å². The number of nitrogens with zero attached hydrogens (tertiary/aromatic N) is 2. The molecule has 0 aromatic heterocycles. The highest BCUT2D eigenvalue weighted by molar-refractivity contribution is 5.44. The third-order valence-electron chi connectivity index (χ3n) is 6.81. The van der Waals surface area contributed by atoms with E-state index >= 15 is 0 Å². The van der Waals surface area contributed by atoms with Gasteiger partial charge in [-0.3, -0.25) is 0 Å². The number of hydrogen-bond donors (Lipinski definition) is 0.